The molecule has 3 heterocycles. The van der Waals surface area contributed by atoms with Crippen LogP contribution in [0.15, 0.2) is 108 Å². The molecule has 0 N–H and O–H groups in total. The fourth-order valence-electron chi connectivity index (χ4n) is 5.49. The molecule has 3 atom stereocenters. The summed E-state index contributed by atoms with van der Waals surface area (Å²) in [5, 5.41) is 4.32. The number of nitrogens with zero attached hydrogens (tertiary/aromatic N) is 2. The lowest BCUT2D eigenvalue weighted by Crippen LogP contribution is -2.37. The normalized spacial score (nSPS) is 20.7. The third-order valence-corrected chi connectivity index (χ3v) is 7.80. The standard InChI is InChI=1S/C31H20Cl2N2O4/c32-19-13-14-22(23(33)17-19)25-15-16-26(38-25)28-27-29(39-35(28)20-9-2-1-3-10-20)31(37)34(30(27)36)24-12-6-8-18-7-4-5-11-21(18)24/h1-17,27-29H/t27-,28-,29-/m1/s1. The topological polar surface area (TPSA) is 63.0 Å². The Bertz CT molecular complexity index is 1750. The predicted molar refractivity (Wildman–Crippen MR) is 151 cm³/mol. The number of furan rings is 1. The van der Waals surface area contributed by atoms with Crippen LogP contribution in [0.25, 0.3) is 22.1 Å². The summed E-state index contributed by atoms with van der Waals surface area (Å²) < 4.78 is 6.30. The first-order valence-electron chi connectivity index (χ1n) is 12.4. The van der Waals surface area contributed by atoms with Crippen LogP contribution in [0.3, 0.4) is 0 Å². The smallest absolute Gasteiger partial charge is 0.266 e. The molecule has 0 spiro atoms. The quantitative estimate of drug-likeness (QED) is 0.216. The number of carbonyl (C=O) groups is 2. The van der Waals surface area contributed by atoms with Crippen LogP contribution in [0.1, 0.15) is 11.8 Å². The van der Waals surface area contributed by atoms with Gasteiger partial charge in [-0.25, -0.2) is 9.96 Å². The SMILES string of the molecule is O=C1[C@@H]2[C@@H](c3ccc(-c4ccc(Cl)cc4Cl)o3)N(c3ccccc3)O[C@H]2C(=O)N1c1cccc2ccccc12. The molecular weight excluding hydrogens is 535 g/mol. The van der Waals surface area contributed by atoms with Crippen molar-refractivity contribution in [3.63, 3.8) is 0 Å². The summed E-state index contributed by atoms with van der Waals surface area (Å²) in [6.07, 6.45) is -1.01. The van der Waals surface area contributed by atoms with Gasteiger partial charge in [0.05, 0.1) is 16.4 Å². The maximum atomic E-state index is 14.1. The summed E-state index contributed by atoms with van der Waals surface area (Å²) in [7, 11) is 0. The number of hydroxylamine groups is 1. The van der Waals surface area contributed by atoms with Crippen molar-refractivity contribution < 1.29 is 18.8 Å². The molecule has 6 nitrogen and oxygen atoms in total. The molecule has 2 saturated heterocycles. The van der Waals surface area contributed by atoms with Gasteiger partial charge in [0.25, 0.3) is 5.91 Å². The molecular formula is C31H20Cl2N2O4. The van der Waals surface area contributed by atoms with Gasteiger partial charge in [-0.05, 0) is 53.9 Å². The van der Waals surface area contributed by atoms with E-state index in [1.165, 1.54) is 4.90 Å². The molecule has 7 rings (SSSR count). The van der Waals surface area contributed by atoms with Gasteiger partial charge in [0.2, 0.25) is 5.91 Å². The zero-order valence-corrected chi connectivity index (χ0v) is 21.8. The number of rotatable bonds is 4. The second kappa shape index (κ2) is 9.27. The number of amides is 2. The number of para-hydroxylation sites is 1. The van der Waals surface area contributed by atoms with E-state index in [-0.39, 0.29) is 5.91 Å². The largest absolute Gasteiger partial charge is 0.459 e. The first-order valence-corrected chi connectivity index (χ1v) is 13.2. The summed E-state index contributed by atoms with van der Waals surface area (Å²) in [5.74, 6) is -0.569. The molecule has 2 fully saturated rings. The highest BCUT2D eigenvalue weighted by molar-refractivity contribution is 6.36. The van der Waals surface area contributed by atoms with Crippen molar-refractivity contribution in [3.05, 3.63) is 119 Å². The minimum Gasteiger partial charge on any atom is -0.459 e. The van der Waals surface area contributed by atoms with E-state index in [0.29, 0.717) is 38.5 Å². The second-order valence-electron chi connectivity index (χ2n) is 9.49. The summed E-state index contributed by atoms with van der Waals surface area (Å²) in [6, 6.07) is 30.7. The van der Waals surface area contributed by atoms with Gasteiger partial charge >= 0.3 is 0 Å². The lowest BCUT2D eigenvalue weighted by atomic mass is 9.94. The number of benzene rings is 4. The van der Waals surface area contributed by atoms with Crippen LogP contribution in [0.4, 0.5) is 11.4 Å². The zero-order valence-electron chi connectivity index (χ0n) is 20.3. The molecule has 5 aromatic rings. The maximum absolute atomic E-state index is 14.1. The molecule has 0 bridgehead atoms. The zero-order chi connectivity index (χ0) is 26.7. The van der Waals surface area contributed by atoms with E-state index < -0.39 is 24.0 Å². The molecule has 0 radical (unpaired) electrons. The third-order valence-electron chi connectivity index (χ3n) is 7.25. The van der Waals surface area contributed by atoms with E-state index in [1.807, 2.05) is 66.7 Å². The van der Waals surface area contributed by atoms with Gasteiger partial charge in [-0.2, -0.15) is 0 Å². The Kier molecular flexibility index (Phi) is 5.70. The van der Waals surface area contributed by atoms with Crippen molar-refractivity contribution in [3.8, 4) is 11.3 Å². The lowest BCUT2D eigenvalue weighted by molar-refractivity contribution is -0.126. The summed E-state index contributed by atoms with van der Waals surface area (Å²) >= 11 is 12.5. The van der Waals surface area contributed by atoms with Gasteiger partial charge in [0.1, 0.15) is 23.5 Å². The molecule has 1 aromatic heterocycles. The highest BCUT2D eigenvalue weighted by atomic mass is 35.5. The maximum Gasteiger partial charge on any atom is 0.266 e. The van der Waals surface area contributed by atoms with Gasteiger partial charge < -0.3 is 4.42 Å². The average molecular weight is 555 g/mol. The summed E-state index contributed by atoms with van der Waals surface area (Å²) in [6.45, 7) is 0. The van der Waals surface area contributed by atoms with Crippen LogP contribution in [-0.2, 0) is 14.4 Å². The fourth-order valence-corrected chi connectivity index (χ4v) is 5.99. The molecule has 2 amide bonds. The van der Waals surface area contributed by atoms with Gasteiger partial charge in [-0.3, -0.25) is 14.4 Å². The lowest BCUT2D eigenvalue weighted by Gasteiger charge is -2.27. The van der Waals surface area contributed by atoms with Gasteiger partial charge in [0.15, 0.2) is 6.10 Å². The van der Waals surface area contributed by atoms with Crippen LogP contribution in [-0.4, -0.2) is 17.9 Å². The summed E-state index contributed by atoms with van der Waals surface area (Å²) in [5.41, 5.74) is 1.91. The summed E-state index contributed by atoms with van der Waals surface area (Å²) in [4.78, 5) is 35.4. The molecule has 8 heteroatoms. The van der Waals surface area contributed by atoms with Crippen LogP contribution in [0, 0.1) is 5.92 Å². The van der Waals surface area contributed by atoms with E-state index in [9.17, 15) is 9.59 Å². The van der Waals surface area contributed by atoms with Crippen LogP contribution < -0.4 is 9.96 Å². The van der Waals surface area contributed by atoms with Gasteiger partial charge in [-0.15, -0.1) is 0 Å². The molecule has 2 aliphatic heterocycles. The molecule has 0 unspecified atom stereocenters. The monoisotopic (exact) mass is 554 g/mol. The van der Waals surface area contributed by atoms with E-state index in [4.69, 9.17) is 32.5 Å². The Morgan fingerprint density at radius 2 is 1.51 bits per heavy atom. The van der Waals surface area contributed by atoms with Crippen molar-refractivity contribution in [1.82, 2.24) is 0 Å². The number of hydrogen-bond donors (Lipinski definition) is 0. The van der Waals surface area contributed by atoms with E-state index in [1.54, 1.807) is 41.5 Å². The van der Waals surface area contributed by atoms with Crippen LogP contribution >= 0.6 is 23.2 Å². The van der Waals surface area contributed by atoms with E-state index >= 15 is 0 Å². The first-order chi connectivity index (χ1) is 19.0. The molecule has 0 aliphatic carbocycles. The molecule has 192 valence electrons. The van der Waals surface area contributed by atoms with Crippen molar-refractivity contribution in [2.45, 2.75) is 12.1 Å². The highest BCUT2D eigenvalue weighted by Crippen LogP contribution is 2.49. The number of fused-ring (bicyclic) bond motifs is 2. The Morgan fingerprint density at radius 3 is 2.33 bits per heavy atom. The van der Waals surface area contributed by atoms with Crippen LogP contribution in [0.2, 0.25) is 10.0 Å². The highest BCUT2D eigenvalue weighted by Gasteiger charge is 2.61. The first kappa shape index (κ1) is 24.0. The van der Waals surface area contributed by atoms with Crippen molar-refractivity contribution in [2.24, 2.45) is 5.92 Å². The molecule has 39 heavy (non-hydrogen) atoms. The van der Waals surface area contributed by atoms with Gasteiger partial charge in [0, 0.05) is 16.0 Å². The number of halogens is 2. The van der Waals surface area contributed by atoms with E-state index in [2.05, 4.69) is 0 Å². The average Bonchev–Trinajstić information content (AvgIpc) is 3.64. The number of imide groups is 1. The van der Waals surface area contributed by atoms with Crippen molar-refractivity contribution >= 4 is 57.2 Å². The predicted octanol–water partition coefficient (Wildman–Crippen LogP) is 7.46. The number of anilines is 2. The minimum atomic E-state index is -1.01. The fraction of sp³-hybridized carbons (Fsp3) is 0.0968. The second-order valence-corrected chi connectivity index (χ2v) is 10.3. The van der Waals surface area contributed by atoms with Crippen molar-refractivity contribution in [2.75, 3.05) is 9.96 Å². The van der Waals surface area contributed by atoms with Gasteiger partial charge in [-0.1, -0.05) is 77.8 Å². The third kappa shape index (κ3) is 3.83. The molecule has 0 saturated carbocycles. The van der Waals surface area contributed by atoms with Crippen LogP contribution in [0.5, 0.6) is 0 Å². The Labute approximate surface area is 233 Å². The molecule has 4 aromatic carbocycles. The number of hydrogen-bond acceptors (Lipinski definition) is 5. The van der Waals surface area contributed by atoms with Crippen molar-refractivity contribution in [1.29, 1.82) is 0 Å². The number of carbonyl (C=O) groups excluding carboxylic acids is 2. The minimum absolute atomic E-state index is 0.341. The Balaban J connectivity index is 1.33. The van der Waals surface area contributed by atoms with E-state index in [0.717, 1.165) is 10.8 Å². The molecule has 2 aliphatic rings. The Morgan fingerprint density at radius 1 is 0.744 bits per heavy atom. The Hall–Kier alpha value is -4.10.